The van der Waals surface area contributed by atoms with E-state index in [1.807, 2.05) is 0 Å². The predicted molar refractivity (Wildman–Crippen MR) is 64.3 cm³/mol. The van der Waals surface area contributed by atoms with Gasteiger partial charge in [0.25, 0.3) is 0 Å². The smallest absolute Gasteiger partial charge is 0.165 e. The van der Waals surface area contributed by atoms with Gasteiger partial charge in [0.1, 0.15) is 0 Å². The van der Waals surface area contributed by atoms with Gasteiger partial charge in [0.05, 0.1) is 0 Å². The normalized spacial score (nSPS) is 25.4. The van der Waals surface area contributed by atoms with Crippen molar-refractivity contribution in [1.82, 2.24) is 4.98 Å². The van der Waals surface area contributed by atoms with E-state index < -0.39 is 0 Å². The van der Waals surface area contributed by atoms with Crippen molar-refractivity contribution in [3.8, 4) is 0 Å². The Morgan fingerprint density at radius 2 is 2.25 bits per heavy atom. The molecule has 4 heteroatoms. The van der Waals surface area contributed by atoms with Gasteiger partial charge in [0.2, 0.25) is 0 Å². The van der Waals surface area contributed by atoms with Crippen LogP contribution >= 0.6 is 11.6 Å². The molecule has 0 saturated heterocycles. The number of alkyl halides is 1. The number of aromatic nitrogens is 1. The number of nitrogens with zero attached hydrogens (tertiary/aromatic N) is 1. The second-order valence-electron chi connectivity index (χ2n) is 4.28. The molecule has 0 aromatic carbocycles. The van der Waals surface area contributed by atoms with E-state index in [2.05, 4.69) is 10.3 Å². The Kier molecular flexibility index (Phi) is 3.99. The zero-order valence-electron chi connectivity index (χ0n) is 9.13. The van der Waals surface area contributed by atoms with Crippen LogP contribution in [0.25, 0.3) is 0 Å². The maximum atomic E-state index is 13.4. The van der Waals surface area contributed by atoms with Gasteiger partial charge in [-0.05, 0) is 30.9 Å². The lowest BCUT2D eigenvalue weighted by Gasteiger charge is -2.31. The summed E-state index contributed by atoms with van der Waals surface area (Å²) < 4.78 is 13.4. The van der Waals surface area contributed by atoms with Gasteiger partial charge in [-0.15, -0.1) is 11.6 Å². The molecule has 2 rings (SSSR count). The third-order valence-electron chi connectivity index (χ3n) is 3.19. The average Bonchev–Trinajstić information content (AvgIpc) is 2.33. The zero-order chi connectivity index (χ0) is 11.4. The van der Waals surface area contributed by atoms with Gasteiger partial charge in [-0.1, -0.05) is 12.8 Å². The minimum absolute atomic E-state index is 0.260. The predicted octanol–water partition coefficient (Wildman–Crippen LogP) is 3.43. The molecule has 2 atom stereocenters. The molecule has 16 heavy (non-hydrogen) atoms. The number of rotatable bonds is 3. The Labute approximate surface area is 100 Å². The van der Waals surface area contributed by atoms with Gasteiger partial charge in [-0.3, -0.25) is 0 Å². The minimum atomic E-state index is -0.290. The van der Waals surface area contributed by atoms with Crippen LogP contribution in [-0.4, -0.2) is 16.9 Å². The van der Waals surface area contributed by atoms with E-state index in [0.29, 0.717) is 17.6 Å². The Morgan fingerprint density at radius 1 is 1.44 bits per heavy atom. The molecule has 1 aliphatic carbocycles. The summed E-state index contributed by atoms with van der Waals surface area (Å²) in [5.74, 6) is 1.12. The molecule has 0 bridgehead atoms. The van der Waals surface area contributed by atoms with Crippen molar-refractivity contribution in [2.75, 3.05) is 11.2 Å². The first-order valence-electron chi connectivity index (χ1n) is 5.74. The molecule has 0 aliphatic heterocycles. The fraction of sp³-hybridized carbons (Fsp3) is 0.583. The van der Waals surface area contributed by atoms with Crippen LogP contribution < -0.4 is 5.32 Å². The van der Waals surface area contributed by atoms with Crippen molar-refractivity contribution in [2.45, 2.75) is 31.7 Å². The van der Waals surface area contributed by atoms with Crippen molar-refractivity contribution < 1.29 is 4.39 Å². The Morgan fingerprint density at radius 3 is 3.00 bits per heavy atom. The SMILES string of the molecule is Fc1cccnc1NC1CCCCC1CCl. The Balaban J connectivity index is 2.05. The number of pyridine rings is 1. The van der Waals surface area contributed by atoms with Crippen LogP contribution in [0.1, 0.15) is 25.7 Å². The third kappa shape index (κ3) is 2.64. The quantitative estimate of drug-likeness (QED) is 0.822. The number of anilines is 1. The summed E-state index contributed by atoms with van der Waals surface area (Å²) in [6.07, 6.45) is 6.17. The lowest BCUT2D eigenvalue weighted by Crippen LogP contribution is -2.33. The molecular formula is C12H16ClFN2. The van der Waals surface area contributed by atoms with E-state index in [1.54, 1.807) is 12.3 Å². The van der Waals surface area contributed by atoms with Crippen LogP contribution in [0.4, 0.5) is 10.2 Å². The topological polar surface area (TPSA) is 24.9 Å². The van der Waals surface area contributed by atoms with Crippen molar-refractivity contribution in [1.29, 1.82) is 0 Å². The summed E-state index contributed by atoms with van der Waals surface area (Å²) >= 11 is 5.93. The van der Waals surface area contributed by atoms with Crippen molar-refractivity contribution in [3.05, 3.63) is 24.1 Å². The van der Waals surface area contributed by atoms with E-state index >= 15 is 0 Å². The summed E-state index contributed by atoms with van der Waals surface area (Å²) in [6, 6.07) is 3.28. The number of halogens is 2. The highest BCUT2D eigenvalue weighted by Gasteiger charge is 2.25. The fourth-order valence-electron chi connectivity index (χ4n) is 2.25. The maximum Gasteiger partial charge on any atom is 0.165 e. The van der Waals surface area contributed by atoms with E-state index in [-0.39, 0.29) is 11.9 Å². The second kappa shape index (κ2) is 5.48. The van der Waals surface area contributed by atoms with Crippen LogP contribution in [0.2, 0.25) is 0 Å². The molecule has 2 nitrogen and oxygen atoms in total. The number of hydrogen-bond acceptors (Lipinski definition) is 2. The first-order valence-corrected chi connectivity index (χ1v) is 6.27. The molecule has 1 aromatic heterocycles. The van der Waals surface area contributed by atoms with Gasteiger partial charge in [-0.2, -0.15) is 0 Å². The Hall–Kier alpha value is -0.830. The van der Waals surface area contributed by atoms with Crippen molar-refractivity contribution in [2.24, 2.45) is 5.92 Å². The van der Waals surface area contributed by atoms with Crippen molar-refractivity contribution >= 4 is 17.4 Å². The summed E-state index contributed by atoms with van der Waals surface area (Å²) in [4.78, 5) is 4.01. The molecule has 1 fully saturated rings. The molecule has 1 aromatic rings. The lowest BCUT2D eigenvalue weighted by atomic mass is 9.86. The van der Waals surface area contributed by atoms with Gasteiger partial charge in [0, 0.05) is 18.1 Å². The first-order chi connectivity index (χ1) is 7.81. The molecule has 88 valence electrons. The largest absolute Gasteiger partial charge is 0.365 e. The highest BCUT2D eigenvalue weighted by Crippen LogP contribution is 2.28. The maximum absolute atomic E-state index is 13.4. The lowest BCUT2D eigenvalue weighted by molar-refractivity contribution is 0.351. The monoisotopic (exact) mass is 242 g/mol. The van der Waals surface area contributed by atoms with Crippen LogP contribution in [0, 0.1) is 11.7 Å². The number of hydrogen-bond donors (Lipinski definition) is 1. The van der Waals surface area contributed by atoms with Gasteiger partial charge in [-0.25, -0.2) is 9.37 Å². The highest BCUT2D eigenvalue weighted by atomic mass is 35.5. The average molecular weight is 243 g/mol. The van der Waals surface area contributed by atoms with Gasteiger partial charge in [0.15, 0.2) is 11.6 Å². The van der Waals surface area contributed by atoms with Crippen LogP contribution in [0.15, 0.2) is 18.3 Å². The molecular weight excluding hydrogens is 227 g/mol. The molecule has 0 radical (unpaired) electrons. The molecule has 1 N–H and O–H groups in total. The Bertz CT molecular complexity index is 346. The second-order valence-corrected chi connectivity index (χ2v) is 4.59. The van der Waals surface area contributed by atoms with Crippen LogP contribution in [-0.2, 0) is 0 Å². The molecule has 0 spiro atoms. The van der Waals surface area contributed by atoms with Crippen LogP contribution in [0.3, 0.4) is 0 Å². The van der Waals surface area contributed by atoms with Gasteiger partial charge >= 0.3 is 0 Å². The summed E-state index contributed by atoms with van der Waals surface area (Å²) in [5.41, 5.74) is 0. The zero-order valence-corrected chi connectivity index (χ0v) is 9.88. The summed E-state index contributed by atoms with van der Waals surface area (Å²) in [5, 5.41) is 3.18. The van der Waals surface area contributed by atoms with E-state index in [0.717, 1.165) is 12.8 Å². The highest BCUT2D eigenvalue weighted by molar-refractivity contribution is 6.18. The summed E-state index contributed by atoms with van der Waals surface area (Å²) in [6.45, 7) is 0. The van der Waals surface area contributed by atoms with Gasteiger partial charge < -0.3 is 5.32 Å². The van der Waals surface area contributed by atoms with Crippen molar-refractivity contribution in [3.63, 3.8) is 0 Å². The number of nitrogens with one attached hydrogen (secondary N) is 1. The molecule has 1 saturated carbocycles. The molecule has 0 amide bonds. The summed E-state index contributed by atoms with van der Waals surface area (Å²) in [7, 11) is 0. The molecule has 2 unspecified atom stereocenters. The third-order valence-corrected chi connectivity index (χ3v) is 3.58. The minimum Gasteiger partial charge on any atom is -0.365 e. The molecule has 1 aliphatic rings. The first kappa shape index (κ1) is 11.6. The molecule has 1 heterocycles. The van der Waals surface area contributed by atoms with Crippen LogP contribution in [0.5, 0.6) is 0 Å². The standard InChI is InChI=1S/C12H16ClFN2/c13-8-9-4-1-2-6-11(9)16-12-10(14)5-3-7-15-12/h3,5,7,9,11H,1-2,4,6,8H2,(H,15,16). The fourth-order valence-corrected chi connectivity index (χ4v) is 2.62. The van der Waals surface area contributed by atoms with E-state index in [1.165, 1.54) is 18.9 Å². The van der Waals surface area contributed by atoms with E-state index in [4.69, 9.17) is 11.6 Å². The van der Waals surface area contributed by atoms with E-state index in [9.17, 15) is 4.39 Å².